The summed E-state index contributed by atoms with van der Waals surface area (Å²) in [6.07, 6.45) is 3.29. The van der Waals surface area contributed by atoms with Crippen molar-refractivity contribution >= 4 is 22.6 Å². The third kappa shape index (κ3) is 2.24. The fourth-order valence-corrected chi connectivity index (χ4v) is 2.64. The van der Waals surface area contributed by atoms with Crippen LogP contribution >= 0.6 is 22.6 Å². The molecule has 3 heteroatoms. The smallest absolute Gasteiger partial charge is 0.0758 e. The average Bonchev–Trinajstić information content (AvgIpc) is 2.43. The van der Waals surface area contributed by atoms with E-state index in [1.807, 2.05) is 0 Å². The Morgan fingerprint density at radius 1 is 1.23 bits per heavy atom. The number of aryl methyl sites for hydroxylation is 2. The van der Waals surface area contributed by atoms with Crippen molar-refractivity contribution < 1.29 is 0 Å². The highest BCUT2D eigenvalue weighted by Crippen LogP contribution is 2.18. The lowest BCUT2D eigenvalue weighted by molar-refractivity contribution is 0.571. The van der Waals surface area contributed by atoms with Crippen molar-refractivity contribution in [3.63, 3.8) is 0 Å². The van der Waals surface area contributed by atoms with Crippen LogP contribution in [0.3, 0.4) is 0 Å². The molecule has 0 bridgehead atoms. The second-order valence-electron chi connectivity index (χ2n) is 3.14. The van der Waals surface area contributed by atoms with Gasteiger partial charge in [-0.1, -0.05) is 20.8 Å². The zero-order valence-electron chi connectivity index (χ0n) is 8.60. The third-order valence-electron chi connectivity index (χ3n) is 2.16. The Balaban J connectivity index is 3.04. The summed E-state index contributed by atoms with van der Waals surface area (Å²) < 4.78 is 3.54. The first kappa shape index (κ1) is 11.0. The number of hydrogen-bond acceptors (Lipinski definition) is 1. The second kappa shape index (κ2) is 4.98. The predicted octanol–water partition coefficient (Wildman–Crippen LogP) is 3.02. The Kier molecular flexibility index (Phi) is 4.22. The molecule has 0 atom stereocenters. The van der Waals surface area contributed by atoms with Crippen molar-refractivity contribution in [2.24, 2.45) is 0 Å². The number of rotatable bonds is 4. The molecule has 0 amide bonds. The summed E-state index contributed by atoms with van der Waals surface area (Å²) in [5.74, 6) is 0. The molecule has 1 aromatic rings. The van der Waals surface area contributed by atoms with E-state index in [4.69, 9.17) is 0 Å². The van der Waals surface area contributed by atoms with E-state index in [0.717, 1.165) is 25.8 Å². The molecule has 1 rings (SSSR count). The van der Waals surface area contributed by atoms with Gasteiger partial charge in [0.15, 0.2) is 0 Å². The van der Waals surface area contributed by atoms with Gasteiger partial charge in [0.2, 0.25) is 0 Å². The van der Waals surface area contributed by atoms with E-state index in [1.165, 1.54) is 15.0 Å². The van der Waals surface area contributed by atoms with Gasteiger partial charge in [-0.25, -0.2) is 0 Å². The van der Waals surface area contributed by atoms with Gasteiger partial charge in [0.05, 0.1) is 15.0 Å². The van der Waals surface area contributed by atoms with Crippen molar-refractivity contribution in [2.45, 2.75) is 46.6 Å². The molecule has 13 heavy (non-hydrogen) atoms. The van der Waals surface area contributed by atoms with E-state index in [0.29, 0.717) is 0 Å². The lowest BCUT2D eigenvalue weighted by atomic mass is 10.2. The first-order valence-electron chi connectivity index (χ1n) is 4.98. The number of aromatic nitrogens is 2. The number of halogens is 1. The SMILES string of the molecule is CCCn1nc(CC)c(I)c1CC. The van der Waals surface area contributed by atoms with E-state index in [2.05, 4.69) is 53.1 Å². The van der Waals surface area contributed by atoms with E-state index in [1.54, 1.807) is 0 Å². The van der Waals surface area contributed by atoms with Gasteiger partial charge in [-0.15, -0.1) is 0 Å². The standard InChI is InChI=1S/C10H17IN2/c1-4-7-13-9(6-3)10(11)8(5-2)12-13/h4-7H2,1-3H3. The Bertz CT molecular complexity index is 279. The summed E-state index contributed by atoms with van der Waals surface area (Å²) in [5.41, 5.74) is 2.66. The van der Waals surface area contributed by atoms with Crippen LogP contribution in [-0.4, -0.2) is 9.78 Å². The monoisotopic (exact) mass is 292 g/mol. The van der Waals surface area contributed by atoms with Crippen LogP contribution in [0.4, 0.5) is 0 Å². The highest BCUT2D eigenvalue weighted by molar-refractivity contribution is 14.1. The molecule has 0 N–H and O–H groups in total. The minimum atomic E-state index is 1.04. The van der Waals surface area contributed by atoms with E-state index in [9.17, 15) is 0 Å². The van der Waals surface area contributed by atoms with Gasteiger partial charge >= 0.3 is 0 Å². The van der Waals surface area contributed by atoms with Gasteiger partial charge in [0.25, 0.3) is 0 Å². The summed E-state index contributed by atoms with van der Waals surface area (Å²) in [6, 6.07) is 0. The molecule has 74 valence electrons. The normalized spacial score (nSPS) is 10.8. The maximum Gasteiger partial charge on any atom is 0.0758 e. The molecule has 0 fully saturated rings. The fraction of sp³-hybridized carbons (Fsp3) is 0.700. The van der Waals surface area contributed by atoms with Crippen LogP contribution in [0.25, 0.3) is 0 Å². The molecule has 0 saturated carbocycles. The van der Waals surface area contributed by atoms with Gasteiger partial charge < -0.3 is 0 Å². The molecule has 0 radical (unpaired) electrons. The summed E-state index contributed by atoms with van der Waals surface area (Å²) in [4.78, 5) is 0. The number of nitrogens with zero attached hydrogens (tertiary/aromatic N) is 2. The molecule has 0 spiro atoms. The molecule has 0 saturated heterocycles. The Hall–Kier alpha value is -0.0600. The van der Waals surface area contributed by atoms with E-state index >= 15 is 0 Å². The highest BCUT2D eigenvalue weighted by atomic mass is 127. The molecule has 0 aliphatic rings. The lowest BCUT2D eigenvalue weighted by Crippen LogP contribution is -2.04. The summed E-state index contributed by atoms with van der Waals surface area (Å²) >= 11 is 2.42. The fourth-order valence-electron chi connectivity index (χ4n) is 1.49. The van der Waals surface area contributed by atoms with Crippen LogP contribution in [0, 0.1) is 3.57 Å². The van der Waals surface area contributed by atoms with Crippen molar-refractivity contribution in [2.75, 3.05) is 0 Å². The molecule has 1 heterocycles. The van der Waals surface area contributed by atoms with Gasteiger partial charge in [0.1, 0.15) is 0 Å². The minimum Gasteiger partial charge on any atom is -0.268 e. The molecular weight excluding hydrogens is 275 g/mol. The topological polar surface area (TPSA) is 17.8 Å². The Labute approximate surface area is 93.9 Å². The van der Waals surface area contributed by atoms with Crippen molar-refractivity contribution in [3.8, 4) is 0 Å². The Morgan fingerprint density at radius 3 is 2.38 bits per heavy atom. The van der Waals surface area contributed by atoms with E-state index in [-0.39, 0.29) is 0 Å². The molecule has 1 aromatic heterocycles. The van der Waals surface area contributed by atoms with E-state index < -0.39 is 0 Å². The number of hydrogen-bond donors (Lipinski definition) is 0. The molecule has 0 aromatic carbocycles. The molecule has 0 unspecified atom stereocenters. The van der Waals surface area contributed by atoms with Gasteiger partial charge in [0, 0.05) is 6.54 Å². The largest absolute Gasteiger partial charge is 0.268 e. The van der Waals surface area contributed by atoms with Crippen LogP contribution in [0.1, 0.15) is 38.6 Å². The zero-order valence-corrected chi connectivity index (χ0v) is 10.8. The average molecular weight is 292 g/mol. The van der Waals surface area contributed by atoms with Crippen molar-refractivity contribution in [3.05, 3.63) is 15.0 Å². The molecular formula is C10H17IN2. The molecule has 0 aliphatic carbocycles. The molecule has 0 aliphatic heterocycles. The quantitative estimate of drug-likeness (QED) is 0.780. The first-order valence-corrected chi connectivity index (χ1v) is 6.06. The maximum atomic E-state index is 4.60. The van der Waals surface area contributed by atoms with Crippen LogP contribution < -0.4 is 0 Å². The van der Waals surface area contributed by atoms with Crippen molar-refractivity contribution in [1.29, 1.82) is 0 Å². The minimum absolute atomic E-state index is 1.04. The lowest BCUT2D eigenvalue weighted by Gasteiger charge is -2.02. The molecule has 2 nitrogen and oxygen atoms in total. The van der Waals surface area contributed by atoms with Crippen LogP contribution in [0.5, 0.6) is 0 Å². The summed E-state index contributed by atoms with van der Waals surface area (Å²) in [6.45, 7) is 7.61. The first-order chi connectivity index (χ1) is 6.24. The maximum absolute atomic E-state index is 4.60. The van der Waals surface area contributed by atoms with Crippen molar-refractivity contribution in [1.82, 2.24) is 9.78 Å². The predicted molar refractivity (Wildman–Crippen MR) is 64.0 cm³/mol. The van der Waals surface area contributed by atoms with Gasteiger partial charge in [-0.2, -0.15) is 5.10 Å². The zero-order chi connectivity index (χ0) is 9.84. The van der Waals surface area contributed by atoms with Crippen LogP contribution in [-0.2, 0) is 19.4 Å². The second-order valence-corrected chi connectivity index (χ2v) is 4.22. The van der Waals surface area contributed by atoms with Gasteiger partial charge in [-0.3, -0.25) is 4.68 Å². The Morgan fingerprint density at radius 2 is 1.92 bits per heavy atom. The third-order valence-corrected chi connectivity index (χ3v) is 3.41. The van der Waals surface area contributed by atoms with Gasteiger partial charge in [-0.05, 0) is 41.9 Å². The van der Waals surface area contributed by atoms with Crippen LogP contribution in [0.15, 0.2) is 0 Å². The summed E-state index contributed by atoms with van der Waals surface area (Å²) in [5, 5.41) is 4.60. The summed E-state index contributed by atoms with van der Waals surface area (Å²) in [7, 11) is 0. The van der Waals surface area contributed by atoms with Crippen LogP contribution in [0.2, 0.25) is 0 Å². The highest BCUT2D eigenvalue weighted by Gasteiger charge is 2.11.